The molecule has 4 aromatic carbocycles. The van der Waals surface area contributed by atoms with Crippen molar-refractivity contribution in [3.63, 3.8) is 0 Å². The zero-order chi connectivity index (χ0) is 24.1. The maximum atomic E-state index is 12.9. The fourth-order valence-electron chi connectivity index (χ4n) is 3.37. The predicted octanol–water partition coefficient (Wildman–Crippen LogP) is -3.36. The summed E-state index contributed by atoms with van der Waals surface area (Å²) in [5.74, 6) is -1.85. The van der Waals surface area contributed by atoms with E-state index in [0.29, 0.717) is 6.07 Å². The van der Waals surface area contributed by atoms with Gasteiger partial charge in [0.05, 0.1) is 11.4 Å². The van der Waals surface area contributed by atoms with E-state index < -0.39 is 52.9 Å². The molecule has 4 aromatic rings. The summed E-state index contributed by atoms with van der Waals surface area (Å²) in [6, 6.07) is 11.3. The van der Waals surface area contributed by atoms with Crippen molar-refractivity contribution in [2.45, 2.75) is 9.79 Å². The van der Waals surface area contributed by atoms with Gasteiger partial charge in [0.15, 0.2) is 0 Å². The van der Waals surface area contributed by atoms with Crippen LogP contribution in [-0.4, -0.2) is 25.9 Å². The molecule has 0 amide bonds. The average Bonchev–Trinajstić information content (AvgIpc) is 2.72. The van der Waals surface area contributed by atoms with Gasteiger partial charge in [0.1, 0.15) is 9.79 Å². The molecule has 0 aromatic heterocycles. The molecule has 170 valence electrons. The van der Waals surface area contributed by atoms with E-state index in [4.69, 9.17) is 5.73 Å². The van der Waals surface area contributed by atoms with Crippen molar-refractivity contribution in [1.29, 1.82) is 0 Å². The Labute approximate surface area is 243 Å². The van der Waals surface area contributed by atoms with Gasteiger partial charge < -0.3 is 15.9 Å². The summed E-state index contributed by atoms with van der Waals surface area (Å²) in [5, 5.41) is 32.9. The summed E-state index contributed by atoms with van der Waals surface area (Å²) >= 11 is 0. The van der Waals surface area contributed by atoms with E-state index in [9.17, 15) is 36.2 Å². The second-order valence-corrected chi connectivity index (χ2v) is 9.73. The zero-order valence-electron chi connectivity index (χ0n) is 18.3. The Morgan fingerprint density at radius 3 is 1.89 bits per heavy atom. The summed E-state index contributed by atoms with van der Waals surface area (Å²) < 4.78 is 66.2. The molecule has 0 saturated heterocycles. The van der Waals surface area contributed by atoms with Gasteiger partial charge in [0.25, 0.3) is 20.2 Å². The number of hydrogen-bond acceptors (Lipinski definition) is 9. The Morgan fingerprint density at radius 2 is 1.29 bits per heavy atom. The maximum absolute atomic E-state index is 12.9. The number of rotatable bonds is 4. The van der Waals surface area contributed by atoms with E-state index >= 15 is 0 Å². The Bertz CT molecular complexity index is 1710. The Balaban J connectivity index is 0.00000216. The van der Waals surface area contributed by atoms with Crippen LogP contribution >= 0.6 is 0 Å². The molecule has 0 aliphatic carbocycles. The first-order chi connectivity index (χ1) is 15.4. The van der Waals surface area contributed by atoms with Crippen molar-refractivity contribution in [3.8, 4) is 11.5 Å². The quantitative estimate of drug-likeness (QED) is 0.103. The van der Waals surface area contributed by atoms with Crippen LogP contribution in [0.25, 0.3) is 21.5 Å². The molecule has 0 spiro atoms. The van der Waals surface area contributed by atoms with Gasteiger partial charge in [-0.15, -0.1) is 5.11 Å². The number of azo groups is 1. The molecule has 0 radical (unpaired) electrons. The van der Waals surface area contributed by atoms with Crippen molar-refractivity contribution in [3.05, 3.63) is 54.6 Å². The van der Waals surface area contributed by atoms with Crippen molar-refractivity contribution in [1.82, 2.24) is 0 Å². The SMILES string of the molecule is Nc1ccc2c([O-])c(N=Nc3c([O-])cc(S(=O)(=O)O)c4ccccc34)c(S(=O)(=O)O)cc2c1.[Na+].[Na+]. The predicted molar refractivity (Wildman–Crippen MR) is 115 cm³/mol. The topological polar surface area (TPSA) is 206 Å². The minimum absolute atomic E-state index is 0. The first-order valence-corrected chi connectivity index (χ1v) is 11.9. The van der Waals surface area contributed by atoms with E-state index in [1.165, 1.54) is 42.5 Å². The summed E-state index contributed by atoms with van der Waals surface area (Å²) in [7, 11) is -9.67. The van der Waals surface area contributed by atoms with Crippen molar-refractivity contribution < 1.29 is 95.3 Å². The number of fused-ring (bicyclic) bond motifs is 2. The minimum Gasteiger partial charge on any atom is -0.871 e. The van der Waals surface area contributed by atoms with E-state index in [0.717, 1.165) is 6.07 Å². The first kappa shape index (κ1) is 29.5. The van der Waals surface area contributed by atoms with Gasteiger partial charge in [-0.25, -0.2) is 0 Å². The number of nitrogen functional groups attached to an aromatic ring is 1. The molecule has 0 heterocycles. The van der Waals surface area contributed by atoms with Gasteiger partial charge in [-0.2, -0.15) is 21.9 Å². The molecule has 0 aliphatic heterocycles. The molecule has 0 atom stereocenters. The van der Waals surface area contributed by atoms with E-state index in [1.807, 2.05) is 0 Å². The van der Waals surface area contributed by atoms with Gasteiger partial charge in [0, 0.05) is 16.5 Å². The summed E-state index contributed by atoms with van der Waals surface area (Å²) in [6.45, 7) is 0. The molecule has 0 bridgehead atoms. The number of benzene rings is 4. The average molecular weight is 533 g/mol. The van der Waals surface area contributed by atoms with Crippen LogP contribution in [0, 0.1) is 0 Å². The standard InChI is InChI=1S/C20H15N3O8S2.2Na/c21-11-5-6-12-10(7-11)8-17(33(29,30)31)19(20(12)25)23-22-18-14-4-2-1-3-13(14)16(9-15(18)24)32(26,27)28;;/h1-9,24-25H,21H2,(H,26,27,28)(H,29,30,31);;/q;2*+1/p-2. The molecule has 0 unspecified atom stereocenters. The second-order valence-electron chi connectivity index (χ2n) is 6.95. The van der Waals surface area contributed by atoms with E-state index in [2.05, 4.69) is 10.2 Å². The monoisotopic (exact) mass is 533 g/mol. The smallest absolute Gasteiger partial charge is 0.871 e. The number of nitrogens with two attached hydrogens (primary N) is 1. The summed E-state index contributed by atoms with van der Waals surface area (Å²) in [4.78, 5) is -1.49. The number of nitrogens with zero attached hydrogens (tertiary/aromatic N) is 2. The van der Waals surface area contributed by atoms with Crippen LogP contribution in [0.15, 0.2) is 74.6 Å². The van der Waals surface area contributed by atoms with Crippen molar-refractivity contribution in [2.75, 3.05) is 5.73 Å². The van der Waals surface area contributed by atoms with Crippen LogP contribution in [0.3, 0.4) is 0 Å². The second kappa shape index (κ2) is 10.7. The van der Waals surface area contributed by atoms with Crippen LogP contribution in [-0.2, 0) is 20.2 Å². The van der Waals surface area contributed by atoms with Crippen LogP contribution in [0.2, 0.25) is 0 Å². The van der Waals surface area contributed by atoms with Gasteiger partial charge in [-0.3, -0.25) is 9.11 Å². The molecule has 4 rings (SSSR count). The Morgan fingerprint density at radius 1 is 0.714 bits per heavy atom. The first-order valence-electron chi connectivity index (χ1n) is 9.00. The minimum atomic E-state index is -4.93. The van der Waals surface area contributed by atoms with E-state index in [1.54, 1.807) is 0 Å². The van der Waals surface area contributed by atoms with Gasteiger partial charge in [-0.1, -0.05) is 41.8 Å². The van der Waals surface area contributed by atoms with Gasteiger partial charge in [0.2, 0.25) is 0 Å². The van der Waals surface area contributed by atoms with Crippen molar-refractivity contribution in [2.24, 2.45) is 10.2 Å². The van der Waals surface area contributed by atoms with Crippen LogP contribution in [0.4, 0.5) is 17.1 Å². The van der Waals surface area contributed by atoms with Crippen molar-refractivity contribution >= 4 is 58.8 Å². The Hall–Kier alpha value is -1.78. The van der Waals surface area contributed by atoms with Crippen LogP contribution in [0.1, 0.15) is 0 Å². The molecule has 35 heavy (non-hydrogen) atoms. The molecule has 4 N–H and O–H groups in total. The van der Waals surface area contributed by atoms with Crippen LogP contribution < -0.4 is 75.1 Å². The normalized spacial score (nSPS) is 11.9. The molecule has 0 aliphatic rings. The third-order valence-electron chi connectivity index (χ3n) is 4.80. The molecular weight excluding hydrogens is 520 g/mol. The zero-order valence-corrected chi connectivity index (χ0v) is 24.0. The van der Waals surface area contributed by atoms with Gasteiger partial charge >= 0.3 is 59.1 Å². The third-order valence-corrected chi connectivity index (χ3v) is 6.56. The largest absolute Gasteiger partial charge is 1.00 e. The fraction of sp³-hybridized carbons (Fsp3) is 0. The molecular formula is C20H13N3Na2O8S2. The number of anilines is 1. The number of hydrogen-bond donors (Lipinski definition) is 3. The van der Waals surface area contributed by atoms with E-state index in [-0.39, 0.29) is 86.3 Å². The van der Waals surface area contributed by atoms with Crippen LogP contribution in [0.5, 0.6) is 11.5 Å². The maximum Gasteiger partial charge on any atom is 1.00 e. The summed E-state index contributed by atoms with van der Waals surface area (Å²) in [5.41, 5.74) is 4.76. The summed E-state index contributed by atoms with van der Waals surface area (Å²) in [6.07, 6.45) is 0. The Kier molecular flexibility index (Phi) is 8.99. The molecule has 0 saturated carbocycles. The molecule has 0 fully saturated rings. The third kappa shape index (κ3) is 5.80. The van der Waals surface area contributed by atoms with Gasteiger partial charge in [-0.05, 0) is 35.0 Å². The fourth-order valence-corrected chi connectivity index (χ4v) is 4.73. The molecule has 15 heteroatoms. The molecule has 11 nitrogen and oxygen atoms in total.